The highest BCUT2D eigenvalue weighted by Crippen LogP contribution is 2.26. The molecule has 0 bridgehead atoms. The normalized spacial score (nSPS) is 17.4. The second-order valence-electron chi connectivity index (χ2n) is 6.28. The lowest BCUT2D eigenvalue weighted by atomic mass is 10.0. The molecule has 0 amide bonds. The van der Waals surface area contributed by atoms with Gasteiger partial charge in [-0.3, -0.25) is 4.68 Å². The van der Waals surface area contributed by atoms with Gasteiger partial charge in [-0.15, -0.1) is 0 Å². The summed E-state index contributed by atoms with van der Waals surface area (Å²) in [5, 5.41) is 14.0. The molecule has 7 nitrogen and oxygen atoms in total. The minimum Gasteiger partial charge on any atom is -0.395 e. The van der Waals surface area contributed by atoms with Crippen molar-refractivity contribution in [1.29, 1.82) is 0 Å². The molecular weight excluding hydrogens is 306 g/mol. The zero-order valence-electron chi connectivity index (χ0n) is 14.6. The molecular formula is C17H25N5O2. The third-order valence-corrected chi connectivity index (χ3v) is 4.72. The Morgan fingerprint density at radius 3 is 2.83 bits per heavy atom. The van der Waals surface area contributed by atoms with E-state index in [2.05, 4.69) is 26.9 Å². The average Bonchev–Trinajstić information content (AvgIpc) is 3.19. The molecule has 1 aliphatic heterocycles. The highest BCUT2D eigenvalue weighted by molar-refractivity contribution is 5.42. The molecule has 0 radical (unpaired) electrons. The van der Waals surface area contributed by atoms with Crippen molar-refractivity contribution in [2.45, 2.75) is 32.7 Å². The van der Waals surface area contributed by atoms with Crippen molar-refractivity contribution < 1.29 is 9.84 Å². The fraction of sp³-hybridized carbons (Fsp3) is 0.588. The van der Waals surface area contributed by atoms with Gasteiger partial charge in [0.25, 0.3) is 0 Å². The average molecular weight is 331 g/mol. The monoisotopic (exact) mass is 331 g/mol. The Hall–Kier alpha value is -1.99. The molecule has 0 aliphatic carbocycles. The fourth-order valence-corrected chi connectivity index (χ4v) is 3.16. The second kappa shape index (κ2) is 7.27. The first kappa shape index (κ1) is 16.9. The maximum Gasteiger partial charge on any atom is 0.132 e. The van der Waals surface area contributed by atoms with E-state index in [1.54, 1.807) is 6.33 Å². The summed E-state index contributed by atoms with van der Waals surface area (Å²) < 4.78 is 7.36. The van der Waals surface area contributed by atoms with Crippen molar-refractivity contribution in [3.63, 3.8) is 0 Å². The zero-order chi connectivity index (χ0) is 17.1. The minimum absolute atomic E-state index is 0.0736. The summed E-state index contributed by atoms with van der Waals surface area (Å²) in [5.41, 5.74) is 4.33. The number of aliphatic hydroxyl groups is 1. The minimum atomic E-state index is 0.0736. The van der Waals surface area contributed by atoms with E-state index >= 15 is 0 Å². The molecule has 1 saturated heterocycles. The quantitative estimate of drug-likeness (QED) is 0.860. The van der Waals surface area contributed by atoms with E-state index < -0.39 is 0 Å². The number of aliphatic hydroxyl groups excluding tert-OH is 1. The van der Waals surface area contributed by atoms with Gasteiger partial charge in [-0.2, -0.15) is 5.10 Å². The molecule has 2 aromatic rings. The predicted molar refractivity (Wildman–Crippen MR) is 91.0 cm³/mol. The van der Waals surface area contributed by atoms with Crippen LogP contribution < -0.4 is 4.90 Å². The van der Waals surface area contributed by atoms with Gasteiger partial charge < -0.3 is 14.7 Å². The summed E-state index contributed by atoms with van der Waals surface area (Å²) in [6, 6.07) is 2.02. The summed E-state index contributed by atoms with van der Waals surface area (Å²) in [6.07, 6.45) is 2.60. The molecule has 1 atom stereocenters. The number of anilines is 1. The van der Waals surface area contributed by atoms with Crippen LogP contribution in [0.25, 0.3) is 0 Å². The lowest BCUT2D eigenvalue weighted by Crippen LogP contribution is -2.28. The van der Waals surface area contributed by atoms with Gasteiger partial charge in [-0.05, 0) is 20.3 Å². The maximum atomic E-state index is 9.47. The highest BCUT2D eigenvalue weighted by Gasteiger charge is 2.21. The number of rotatable bonds is 6. The SMILES string of the molecule is Cc1nn(C)c(C)c1CN(CCO)c1cc([C@H]2CCOC2)ncn1. The molecule has 3 heterocycles. The topological polar surface area (TPSA) is 76.3 Å². The molecule has 130 valence electrons. The van der Waals surface area contributed by atoms with Gasteiger partial charge in [0.15, 0.2) is 0 Å². The van der Waals surface area contributed by atoms with E-state index in [9.17, 15) is 5.11 Å². The van der Waals surface area contributed by atoms with Crippen LogP contribution in [0.4, 0.5) is 5.82 Å². The molecule has 0 aromatic carbocycles. The van der Waals surface area contributed by atoms with Crippen LogP contribution in [0.3, 0.4) is 0 Å². The third kappa shape index (κ3) is 3.42. The summed E-state index contributed by atoms with van der Waals surface area (Å²) in [6.45, 7) is 6.85. The highest BCUT2D eigenvalue weighted by atomic mass is 16.5. The first-order valence-electron chi connectivity index (χ1n) is 8.34. The lowest BCUT2D eigenvalue weighted by Gasteiger charge is -2.23. The molecule has 1 aliphatic rings. The van der Waals surface area contributed by atoms with Gasteiger partial charge in [0.2, 0.25) is 0 Å². The van der Waals surface area contributed by atoms with Crippen LogP contribution >= 0.6 is 0 Å². The predicted octanol–water partition coefficient (Wildman–Crippen LogP) is 1.33. The summed E-state index contributed by atoms with van der Waals surface area (Å²) in [7, 11) is 1.95. The molecule has 1 fully saturated rings. The molecule has 2 aromatic heterocycles. The summed E-state index contributed by atoms with van der Waals surface area (Å²) in [4.78, 5) is 10.9. The second-order valence-corrected chi connectivity index (χ2v) is 6.28. The van der Waals surface area contributed by atoms with E-state index in [-0.39, 0.29) is 6.61 Å². The van der Waals surface area contributed by atoms with Gasteiger partial charge >= 0.3 is 0 Å². The Labute approximate surface area is 142 Å². The molecule has 3 rings (SSSR count). The van der Waals surface area contributed by atoms with Gasteiger partial charge in [-0.25, -0.2) is 9.97 Å². The Bertz CT molecular complexity index is 694. The van der Waals surface area contributed by atoms with E-state index in [0.29, 0.717) is 19.0 Å². The Morgan fingerprint density at radius 2 is 2.21 bits per heavy atom. The lowest BCUT2D eigenvalue weighted by molar-refractivity contribution is 0.193. The largest absolute Gasteiger partial charge is 0.395 e. The third-order valence-electron chi connectivity index (χ3n) is 4.72. The smallest absolute Gasteiger partial charge is 0.132 e. The first-order chi connectivity index (χ1) is 11.6. The Morgan fingerprint density at radius 1 is 1.38 bits per heavy atom. The van der Waals surface area contributed by atoms with E-state index in [4.69, 9.17) is 4.74 Å². The van der Waals surface area contributed by atoms with Crippen LogP contribution in [0.2, 0.25) is 0 Å². The van der Waals surface area contributed by atoms with Crippen LogP contribution in [-0.2, 0) is 18.3 Å². The summed E-state index contributed by atoms with van der Waals surface area (Å²) in [5.74, 6) is 1.17. The van der Waals surface area contributed by atoms with E-state index in [1.165, 1.54) is 5.56 Å². The van der Waals surface area contributed by atoms with Crippen molar-refractivity contribution in [2.75, 3.05) is 31.3 Å². The van der Waals surface area contributed by atoms with Gasteiger partial charge in [-0.1, -0.05) is 0 Å². The molecule has 0 unspecified atom stereocenters. The van der Waals surface area contributed by atoms with Crippen LogP contribution in [0.5, 0.6) is 0 Å². The van der Waals surface area contributed by atoms with Crippen LogP contribution in [-0.4, -0.2) is 51.2 Å². The number of hydrogen-bond acceptors (Lipinski definition) is 6. The molecule has 7 heteroatoms. The van der Waals surface area contributed by atoms with E-state index in [1.807, 2.05) is 24.7 Å². The van der Waals surface area contributed by atoms with Crippen LogP contribution in [0, 0.1) is 13.8 Å². The van der Waals surface area contributed by atoms with Crippen molar-refractivity contribution in [3.05, 3.63) is 35.0 Å². The molecule has 24 heavy (non-hydrogen) atoms. The van der Waals surface area contributed by atoms with Gasteiger partial charge in [0, 0.05) is 50.0 Å². The van der Waals surface area contributed by atoms with Crippen molar-refractivity contribution >= 4 is 5.82 Å². The fourth-order valence-electron chi connectivity index (χ4n) is 3.16. The van der Waals surface area contributed by atoms with E-state index in [0.717, 1.165) is 42.5 Å². The first-order valence-corrected chi connectivity index (χ1v) is 8.34. The van der Waals surface area contributed by atoms with Crippen molar-refractivity contribution in [3.8, 4) is 0 Å². The zero-order valence-corrected chi connectivity index (χ0v) is 14.6. The number of aromatic nitrogens is 4. The summed E-state index contributed by atoms with van der Waals surface area (Å²) >= 11 is 0. The molecule has 1 N–H and O–H groups in total. The molecule has 0 saturated carbocycles. The Kier molecular flexibility index (Phi) is 5.11. The Balaban J connectivity index is 1.86. The van der Waals surface area contributed by atoms with Crippen molar-refractivity contribution in [1.82, 2.24) is 19.7 Å². The van der Waals surface area contributed by atoms with Crippen molar-refractivity contribution in [2.24, 2.45) is 7.05 Å². The number of aryl methyl sites for hydroxylation is 2. The number of nitrogens with zero attached hydrogens (tertiary/aromatic N) is 5. The van der Waals surface area contributed by atoms with Gasteiger partial charge in [0.1, 0.15) is 12.1 Å². The number of ether oxygens (including phenoxy) is 1. The standard InChI is InChI=1S/C17H25N5O2/c1-12-15(13(2)21(3)20-12)9-22(5-6-23)17-8-16(18-11-19-17)14-4-7-24-10-14/h8,11,14,23H,4-7,9-10H2,1-3H3/t14-/m0/s1. The van der Waals surface area contributed by atoms with Crippen LogP contribution in [0.1, 0.15) is 35.0 Å². The molecule has 0 spiro atoms. The maximum absolute atomic E-state index is 9.47. The van der Waals surface area contributed by atoms with Crippen LogP contribution in [0.15, 0.2) is 12.4 Å². The van der Waals surface area contributed by atoms with Gasteiger partial charge in [0.05, 0.1) is 24.6 Å². The number of hydrogen-bond donors (Lipinski definition) is 1.